The molecule has 0 saturated carbocycles. The van der Waals surface area contributed by atoms with E-state index in [1.54, 1.807) is 7.11 Å². The number of rotatable bonds is 6. The van der Waals surface area contributed by atoms with E-state index in [2.05, 4.69) is 22.9 Å². The van der Waals surface area contributed by atoms with Crippen molar-refractivity contribution in [1.29, 1.82) is 0 Å². The number of hydrogen-bond acceptors (Lipinski definition) is 4. The number of ether oxygens (including phenoxy) is 1. The zero-order chi connectivity index (χ0) is 15.2. The number of anilines is 1. The maximum atomic E-state index is 6.07. The van der Waals surface area contributed by atoms with Gasteiger partial charge in [-0.2, -0.15) is 0 Å². The van der Waals surface area contributed by atoms with Gasteiger partial charge in [-0.3, -0.25) is 9.88 Å². The molecule has 0 spiro atoms. The highest BCUT2D eigenvalue weighted by Crippen LogP contribution is 2.21. The summed E-state index contributed by atoms with van der Waals surface area (Å²) in [5.74, 6) is 0.837. The van der Waals surface area contributed by atoms with Crippen molar-refractivity contribution in [1.82, 2.24) is 9.88 Å². The number of nitrogen functional groups attached to an aromatic ring is 1. The van der Waals surface area contributed by atoms with Crippen molar-refractivity contribution in [2.45, 2.75) is 26.9 Å². The molecule has 1 heterocycles. The summed E-state index contributed by atoms with van der Waals surface area (Å²) in [5, 5.41) is 0. The quantitative estimate of drug-likeness (QED) is 0.829. The second kappa shape index (κ2) is 7.09. The third-order valence-electron chi connectivity index (χ3n) is 3.52. The Morgan fingerprint density at radius 1 is 1.19 bits per heavy atom. The summed E-state index contributed by atoms with van der Waals surface area (Å²) in [5.41, 5.74) is 10.1. The standard InChI is InChI=1S/C17H23N3O/c1-4-20(12-15-7-5-6-13(2)19-15)11-14-10-16(21-3)8-9-17(14)18/h5-10H,4,11-12,18H2,1-3H3. The first kappa shape index (κ1) is 15.3. The Bertz CT molecular complexity index is 598. The van der Waals surface area contributed by atoms with Crippen LogP contribution in [0.2, 0.25) is 0 Å². The van der Waals surface area contributed by atoms with Crippen molar-refractivity contribution >= 4 is 5.69 Å². The van der Waals surface area contributed by atoms with Crippen molar-refractivity contribution in [3.63, 3.8) is 0 Å². The summed E-state index contributed by atoms with van der Waals surface area (Å²) in [4.78, 5) is 6.87. The molecule has 0 aliphatic heterocycles. The van der Waals surface area contributed by atoms with Gasteiger partial charge in [-0.05, 0) is 49.4 Å². The molecule has 2 N–H and O–H groups in total. The Balaban J connectivity index is 2.12. The van der Waals surface area contributed by atoms with E-state index in [1.807, 2.05) is 37.3 Å². The average molecular weight is 285 g/mol. The molecule has 0 amide bonds. The van der Waals surface area contributed by atoms with Gasteiger partial charge in [0.25, 0.3) is 0 Å². The first-order chi connectivity index (χ1) is 10.1. The fourth-order valence-corrected chi connectivity index (χ4v) is 2.28. The van der Waals surface area contributed by atoms with Crippen LogP contribution in [0.3, 0.4) is 0 Å². The molecule has 0 bridgehead atoms. The van der Waals surface area contributed by atoms with Crippen molar-refractivity contribution in [2.24, 2.45) is 0 Å². The topological polar surface area (TPSA) is 51.4 Å². The van der Waals surface area contributed by atoms with Gasteiger partial charge < -0.3 is 10.5 Å². The number of hydrogen-bond donors (Lipinski definition) is 1. The van der Waals surface area contributed by atoms with Crippen LogP contribution >= 0.6 is 0 Å². The number of aromatic nitrogens is 1. The van der Waals surface area contributed by atoms with Gasteiger partial charge in [0.2, 0.25) is 0 Å². The van der Waals surface area contributed by atoms with Crippen LogP contribution in [0.1, 0.15) is 23.9 Å². The van der Waals surface area contributed by atoms with Crippen molar-refractivity contribution in [3.05, 3.63) is 53.3 Å². The highest BCUT2D eigenvalue weighted by atomic mass is 16.5. The predicted octanol–water partition coefficient (Wildman–Crippen LogP) is 3.00. The van der Waals surface area contributed by atoms with Crippen LogP contribution in [0.5, 0.6) is 5.75 Å². The summed E-state index contributed by atoms with van der Waals surface area (Å²) < 4.78 is 5.27. The highest BCUT2D eigenvalue weighted by molar-refractivity contribution is 5.50. The number of pyridine rings is 1. The van der Waals surface area contributed by atoms with E-state index in [4.69, 9.17) is 10.5 Å². The minimum Gasteiger partial charge on any atom is -0.497 e. The first-order valence-corrected chi connectivity index (χ1v) is 7.19. The second-order valence-electron chi connectivity index (χ2n) is 5.14. The molecule has 1 aromatic heterocycles. The van der Waals surface area contributed by atoms with Crippen LogP contribution in [-0.2, 0) is 13.1 Å². The van der Waals surface area contributed by atoms with Crippen LogP contribution in [0, 0.1) is 6.92 Å². The smallest absolute Gasteiger partial charge is 0.119 e. The number of methoxy groups -OCH3 is 1. The molecule has 21 heavy (non-hydrogen) atoms. The van der Waals surface area contributed by atoms with E-state index in [9.17, 15) is 0 Å². The Morgan fingerprint density at radius 3 is 2.67 bits per heavy atom. The number of nitrogens with zero attached hydrogens (tertiary/aromatic N) is 2. The van der Waals surface area contributed by atoms with Crippen LogP contribution in [0.15, 0.2) is 36.4 Å². The van der Waals surface area contributed by atoms with E-state index in [0.29, 0.717) is 0 Å². The minimum absolute atomic E-state index is 0.787. The molecule has 0 fully saturated rings. The van der Waals surface area contributed by atoms with E-state index in [0.717, 1.165) is 48.0 Å². The van der Waals surface area contributed by atoms with Crippen LogP contribution in [-0.4, -0.2) is 23.5 Å². The molecule has 1 aromatic carbocycles. The van der Waals surface area contributed by atoms with Crippen LogP contribution in [0.25, 0.3) is 0 Å². The number of aryl methyl sites for hydroxylation is 1. The number of benzene rings is 1. The van der Waals surface area contributed by atoms with Gasteiger partial charge in [0.1, 0.15) is 5.75 Å². The van der Waals surface area contributed by atoms with Gasteiger partial charge >= 0.3 is 0 Å². The van der Waals surface area contributed by atoms with Gasteiger partial charge in [-0.15, -0.1) is 0 Å². The molecule has 0 radical (unpaired) electrons. The van der Waals surface area contributed by atoms with Gasteiger partial charge in [0.15, 0.2) is 0 Å². The Morgan fingerprint density at radius 2 is 2.00 bits per heavy atom. The summed E-state index contributed by atoms with van der Waals surface area (Å²) >= 11 is 0. The fraction of sp³-hybridized carbons (Fsp3) is 0.353. The molecule has 4 heteroatoms. The Hall–Kier alpha value is -2.07. The van der Waals surface area contributed by atoms with Crippen molar-refractivity contribution in [2.75, 3.05) is 19.4 Å². The molecule has 0 atom stereocenters. The SMILES string of the molecule is CCN(Cc1cccc(C)n1)Cc1cc(OC)ccc1N. The Labute approximate surface area is 126 Å². The molecule has 0 aliphatic rings. The zero-order valence-corrected chi connectivity index (χ0v) is 13.0. The molecule has 0 unspecified atom stereocenters. The molecule has 0 saturated heterocycles. The van der Waals surface area contributed by atoms with Crippen LogP contribution in [0.4, 0.5) is 5.69 Å². The lowest BCUT2D eigenvalue weighted by atomic mass is 10.1. The second-order valence-corrected chi connectivity index (χ2v) is 5.14. The van der Waals surface area contributed by atoms with E-state index >= 15 is 0 Å². The zero-order valence-electron chi connectivity index (χ0n) is 13.0. The molecule has 0 aliphatic carbocycles. The molecule has 112 valence electrons. The average Bonchev–Trinajstić information content (AvgIpc) is 2.48. The summed E-state index contributed by atoms with van der Waals surface area (Å²) in [7, 11) is 1.67. The molecule has 2 aromatic rings. The minimum atomic E-state index is 0.787. The van der Waals surface area contributed by atoms with Gasteiger partial charge in [-0.25, -0.2) is 0 Å². The van der Waals surface area contributed by atoms with Gasteiger partial charge in [-0.1, -0.05) is 13.0 Å². The predicted molar refractivity (Wildman–Crippen MR) is 86.2 cm³/mol. The fourth-order valence-electron chi connectivity index (χ4n) is 2.28. The maximum Gasteiger partial charge on any atom is 0.119 e. The Kier molecular flexibility index (Phi) is 5.17. The molecule has 4 nitrogen and oxygen atoms in total. The van der Waals surface area contributed by atoms with Gasteiger partial charge in [0.05, 0.1) is 12.8 Å². The van der Waals surface area contributed by atoms with Crippen molar-refractivity contribution < 1.29 is 4.74 Å². The van der Waals surface area contributed by atoms with E-state index in [1.165, 1.54) is 0 Å². The maximum absolute atomic E-state index is 6.07. The largest absolute Gasteiger partial charge is 0.497 e. The monoisotopic (exact) mass is 285 g/mol. The molecular formula is C17H23N3O. The lowest BCUT2D eigenvalue weighted by molar-refractivity contribution is 0.268. The molecular weight excluding hydrogens is 262 g/mol. The molecule has 2 rings (SSSR count). The lowest BCUT2D eigenvalue weighted by Crippen LogP contribution is -2.23. The third-order valence-corrected chi connectivity index (χ3v) is 3.52. The van der Waals surface area contributed by atoms with Gasteiger partial charge in [0, 0.05) is 24.5 Å². The van der Waals surface area contributed by atoms with E-state index < -0.39 is 0 Å². The summed E-state index contributed by atoms with van der Waals surface area (Å²) in [6.45, 7) is 6.70. The normalized spacial score (nSPS) is 10.9. The summed E-state index contributed by atoms with van der Waals surface area (Å²) in [6, 6.07) is 11.9. The summed E-state index contributed by atoms with van der Waals surface area (Å²) in [6.07, 6.45) is 0. The lowest BCUT2D eigenvalue weighted by Gasteiger charge is -2.21. The third kappa shape index (κ3) is 4.20. The number of nitrogens with two attached hydrogens (primary N) is 1. The van der Waals surface area contributed by atoms with Crippen molar-refractivity contribution in [3.8, 4) is 5.75 Å². The van der Waals surface area contributed by atoms with E-state index in [-0.39, 0.29) is 0 Å². The van der Waals surface area contributed by atoms with Crippen LogP contribution < -0.4 is 10.5 Å². The highest BCUT2D eigenvalue weighted by Gasteiger charge is 2.09. The first-order valence-electron chi connectivity index (χ1n) is 7.19.